The highest BCUT2D eigenvalue weighted by atomic mass is 79.9. The molecule has 1 aliphatic rings. The Morgan fingerprint density at radius 3 is 2.50 bits per heavy atom. The van der Waals surface area contributed by atoms with Crippen LogP contribution in [0.4, 0.5) is 4.39 Å². The molecule has 0 aromatic heterocycles. The van der Waals surface area contributed by atoms with E-state index in [0.717, 1.165) is 29.3 Å². The number of rotatable bonds is 1. The van der Waals surface area contributed by atoms with Gasteiger partial charge in [-0.05, 0) is 49.4 Å². The fourth-order valence-corrected chi connectivity index (χ4v) is 2.22. The summed E-state index contributed by atoms with van der Waals surface area (Å²) in [5, 5.41) is 0. The minimum absolute atomic E-state index is 0.175. The molecule has 1 aromatic rings. The quantitative estimate of drug-likeness (QED) is 0.822. The molecule has 76 valence electrons. The Labute approximate surface area is 91.6 Å². The van der Waals surface area contributed by atoms with Crippen molar-refractivity contribution in [1.82, 2.24) is 0 Å². The topological polar surface area (TPSA) is 26.0 Å². The predicted octanol–water partition coefficient (Wildman–Crippen LogP) is 3.23. The molecule has 0 atom stereocenters. The molecule has 1 aromatic carbocycles. The predicted molar refractivity (Wildman–Crippen MR) is 58.6 cm³/mol. The number of halogens is 2. The Balaban J connectivity index is 2.45. The number of hydrogen-bond donors (Lipinski definition) is 1. The third-order valence-electron chi connectivity index (χ3n) is 3.10. The molecule has 1 saturated carbocycles. The maximum absolute atomic E-state index is 13.4. The van der Waals surface area contributed by atoms with Gasteiger partial charge in [-0.2, -0.15) is 0 Å². The van der Waals surface area contributed by atoms with E-state index < -0.39 is 0 Å². The van der Waals surface area contributed by atoms with Gasteiger partial charge in [-0.1, -0.05) is 15.9 Å². The van der Waals surface area contributed by atoms with Crippen LogP contribution in [0.3, 0.4) is 0 Å². The largest absolute Gasteiger partial charge is 0.321 e. The van der Waals surface area contributed by atoms with Gasteiger partial charge in [-0.25, -0.2) is 4.39 Å². The van der Waals surface area contributed by atoms with Crippen LogP contribution >= 0.6 is 15.9 Å². The molecule has 1 aliphatic carbocycles. The van der Waals surface area contributed by atoms with Crippen molar-refractivity contribution in [3.8, 4) is 0 Å². The summed E-state index contributed by atoms with van der Waals surface area (Å²) >= 11 is 3.35. The molecule has 1 nitrogen and oxygen atoms in total. The fourth-order valence-electron chi connectivity index (χ4n) is 1.78. The van der Waals surface area contributed by atoms with Crippen molar-refractivity contribution in [2.24, 2.45) is 5.73 Å². The summed E-state index contributed by atoms with van der Waals surface area (Å²) in [6.07, 6.45) is 3.06. The monoisotopic (exact) mass is 257 g/mol. The van der Waals surface area contributed by atoms with Gasteiger partial charge in [-0.3, -0.25) is 0 Å². The van der Waals surface area contributed by atoms with Gasteiger partial charge in [0.1, 0.15) is 5.82 Å². The first-order chi connectivity index (χ1) is 6.53. The maximum atomic E-state index is 13.4. The van der Waals surface area contributed by atoms with E-state index in [1.807, 2.05) is 6.07 Å². The number of hydrogen-bond acceptors (Lipinski definition) is 1. The summed E-state index contributed by atoms with van der Waals surface area (Å²) in [6.45, 7) is 1.76. The van der Waals surface area contributed by atoms with Gasteiger partial charge in [0.25, 0.3) is 0 Å². The van der Waals surface area contributed by atoms with E-state index >= 15 is 0 Å². The second kappa shape index (κ2) is 3.31. The van der Waals surface area contributed by atoms with E-state index in [0.29, 0.717) is 5.56 Å². The molecule has 0 aliphatic heterocycles. The average molecular weight is 258 g/mol. The molecule has 2 N–H and O–H groups in total. The Morgan fingerprint density at radius 1 is 1.43 bits per heavy atom. The highest BCUT2D eigenvalue weighted by molar-refractivity contribution is 9.10. The van der Waals surface area contributed by atoms with E-state index in [1.54, 1.807) is 13.0 Å². The Kier molecular flexibility index (Phi) is 2.40. The van der Waals surface area contributed by atoms with E-state index in [1.165, 1.54) is 0 Å². The van der Waals surface area contributed by atoms with Crippen LogP contribution in [0, 0.1) is 12.7 Å². The molecular formula is C11H13BrFN. The van der Waals surface area contributed by atoms with Crippen LogP contribution in [0.25, 0.3) is 0 Å². The summed E-state index contributed by atoms with van der Waals surface area (Å²) in [6, 6.07) is 3.51. The van der Waals surface area contributed by atoms with Crippen molar-refractivity contribution >= 4 is 15.9 Å². The van der Waals surface area contributed by atoms with Gasteiger partial charge in [0.15, 0.2) is 0 Å². The Hall–Kier alpha value is -0.410. The molecule has 2 rings (SSSR count). The van der Waals surface area contributed by atoms with Gasteiger partial charge in [0.05, 0.1) is 0 Å². The third kappa shape index (κ3) is 1.48. The molecule has 14 heavy (non-hydrogen) atoms. The van der Waals surface area contributed by atoms with Gasteiger partial charge in [-0.15, -0.1) is 0 Å². The summed E-state index contributed by atoms with van der Waals surface area (Å²) in [4.78, 5) is 0. The fraction of sp³-hybridized carbons (Fsp3) is 0.455. The van der Waals surface area contributed by atoms with Crippen molar-refractivity contribution in [1.29, 1.82) is 0 Å². The van der Waals surface area contributed by atoms with Crippen LogP contribution in [-0.4, -0.2) is 0 Å². The van der Waals surface area contributed by atoms with Crippen LogP contribution in [-0.2, 0) is 5.54 Å². The molecule has 0 bridgehead atoms. The van der Waals surface area contributed by atoms with Gasteiger partial charge in [0, 0.05) is 10.0 Å². The van der Waals surface area contributed by atoms with Crippen LogP contribution < -0.4 is 5.73 Å². The molecule has 1 fully saturated rings. The molecule has 0 spiro atoms. The lowest BCUT2D eigenvalue weighted by atomic mass is 9.72. The molecule has 3 heteroatoms. The third-order valence-corrected chi connectivity index (χ3v) is 3.93. The maximum Gasteiger partial charge on any atom is 0.127 e. The average Bonchev–Trinajstić information content (AvgIpc) is 2.09. The second-order valence-electron chi connectivity index (χ2n) is 4.07. The molecule has 0 amide bonds. The van der Waals surface area contributed by atoms with Crippen molar-refractivity contribution in [2.45, 2.75) is 31.7 Å². The summed E-state index contributed by atoms with van der Waals surface area (Å²) in [5.74, 6) is -0.175. The lowest BCUT2D eigenvalue weighted by molar-refractivity contribution is 0.252. The lowest BCUT2D eigenvalue weighted by Crippen LogP contribution is -2.43. The zero-order valence-electron chi connectivity index (χ0n) is 8.11. The molecule has 0 radical (unpaired) electrons. The zero-order chi connectivity index (χ0) is 10.3. The Morgan fingerprint density at radius 2 is 2.07 bits per heavy atom. The summed E-state index contributed by atoms with van der Waals surface area (Å²) in [5.41, 5.74) is 7.41. The minimum Gasteiger partial charge on any atom is -0.321 e. The van der Waals surface area contributed by atoms with Crippen molar-refractivity contribution in [3.05, 3.63) is 33.5 Å². The standard InChI is InChI=1S/C11H13BrFN/c1-7-9(12)5-8(6-10(7)13)11(14)3-2-4-11/h5-6H,2-4,14H2,1H3. The summed E-state index contributed by atoms with van der Waals surface area (Å²) < 4.78 is 14.3. The first-order valence-electron chi connectivity index (χ1n) is 4.78. The smallest absolute Gasteiger partial charge is 0.127 e. The highest BCUT2D eigenvalue weighted by Gasteiger charge is 2.34. The molecular weight excluding hydrogens is 245 g/mol. The van der Waals surface area contributed by atoms with Crippen LogP contribution in [0.1, 0.15) is 30.4 Å². The molecule has 0 heterocycles. The molecule has 0 unspecified atom stereocenters. The number of benzene rings is 1. The second-order valence-corrected chi connectivity index (χ2v) is 4.93. The van der Waals surface area contributed by atoms with Gasteiger partial charge in [0.2, 0.25) is 0 Å². The zero-order valence-corrected chi connectivity index (χ0v) is 9.70. The first-order valence-corrected chi connectivity index (χ1v) is 5.57. The van der Waals surface area contributed by atoms with Crippen LogP contribution in [0.2, 0.25) is 0 Å². The number of nitrogens with two attached hydrogens (primary N) is 1. The van der Waals surface area contributed by atoms with Gasteiger partial charge < -0.3 is 5.73 Å². The SMILES string of the molecule is Cc1c(F)cc(C2(N)CCC2)cc1Br. The highest BCUT2D eigenvalue weighted by Crippen LogP contribution is 2.40. The normalized spacial score (nSPS) is 19.1. The minimum atomic E-state index is -0.281. The van der Waals surface area contributed by atoms with Gasteiger partial charge >= 0.3 is 0 Å². The van der Waals surface area contributed by atoms with E-state index in [2.05, 4.69) is 15.9 Å². The van der Waals surface area contributed by atoms with Crippen molar-refractivity contribution in [3.63, 3.8) is 0 Å². The van der Waals surface area contributed by atoms with Crippen LogP contribution in [0.15, 0.2) is 16.6 Å². The van der Waals surface area contributed by atoms with E-state index in [4.69, 9.17) is 5.73 Å². The lowest BCUT2D eigenvalue weighted by Gasteiger charge is -2.38. The van der Waals surface area contributed by atoms with E-state index in [-0.39, 0.29) is 11.4 Å². The first kappa shape index (κ1) is 10.1. The van der Waals surface area contributed by atoms with Crippen molar-refractivity contribution < 1.29 is 4.39 Å². The van der Waals surface area contributed by atoms with E-state index in [9.17, 15) is 4.39 Å². The summed E-state index contributed by atoms with van der Waals surface area (Å²) in [7, 11) is 0. The Bertz CT molecular complexity index is 349. The van der Waals surface area contributed by atoms with Crippen LogP contribution in [0.5, 0.6) is 0 Å². The van der Waals surface area contributed by atoms with Crippen molar-refractivity contribution in [2.75, 3.05) is 0 Å². The molecule has 0 saturated heterocycles.